The number of hydrogen-bond donors (Lipinski definition) is 1. The van der Waals surface area contributed by atoms with E-state index >= 15 is 0 Å². The van der Waals surface area contributed by atoms with Gasteiger partial charge in [0.1, 0.15) is 11.6 Å². The Labute approximate surface area is 161 Å². The number of aromatic nitrogens is 3. The summed E-state index contributed by atoms with van der Waals surface area (Å²) in [6.07, 6.45) is 3.81. The van der Waals surface area contributed by atoms with Gasteiger partial charge in [0, 0.05) is 24.3 Å². The first-order chi connectivity index (χ1) is 13.5. The van der Waals surface area contributed by atoms with Crippen LogP contribution < -0.4 is 5.32 Å². The van der Waals surface area contributed by atoms with Gasteiger partial charge in [0.25, 0.3) is 15.7 Å². The van der Waals surface area contributed by atoms with E-state index < -0.39 is 37.7 Å². The minimum Gasteiger partial charge on any atom is -0.322 e. The van der Waals surface area contributed by atoms with Gasteiger partial charge < -0.3 is 9.88 Å². The molecule has 0 unspecified atom stereocenters. The first-order valence-electron chi connectivity index (χ1n) is 7.90. The van der Waals surface area contributed by atoms with E-state index in [0.717, 1.165) is 24.4 Å². The number of carbonyl (C=O) groups is 1. The van der Waals surface area contributed by atoms with E-state index in [1.54, 1.807) is 6.92 Å². The van der Waals surface area contributed by atoms with Gasteiger partial charge >= 0.3 is 5.51 Å². The predicted molar refractivity (Wildman–Crippen MR) is 93.7 cm³/mol. The van der Waals surface area contributed by atoms with E-state index in [0.29, 0.717) is 5.82 Å². The number of rotatable bonds is 4. The minimum atomic E-state index is -5.85. The molecule has 3 aromatic rings. The zero-order valence-corrected chi connectivity index (χ0v) is 15.4. The highest BCUT2D eigenvalue weighted by molar-refractivity contribution is 7.92. The number of halogens is 4. The van der Waals surface area contributed by atoms with Crippen LogP contribution in [0.15, 0.2) is 53.9 Å². The van der Waals surface area contributed by atoms with Crippen LogP contribution in [0.5, 0.6) is 0 Å². The topological polar surface area (TPSA) is 93.9 Å². The van der Waals surface area contributed by atoms with Crippen LogP contribution in [0, 0.1) is 12.7 Å². The number of imidazole rings is 1. The fourth-order valence-electron chi connectivity index (χ4n) is 2.50. The highest BCUT2D eigenvalue weighted by Crippen LogP contribution is 2.31. The van der Waals surface area contributed by atoms with Crippen molar-refractivity contribution in [3.8, 4) is 5.69 Å². The third-order valence-corrected chi connectivity index (χ3v) is 5.31. The first-order valence-corrected chi connectivity index (χ1v) is 9.38. The molecular formula is C17H12F4N4O3S. The fourth-order valence-corrected chi connectivity index (χ4v) is 3.37. The zero-order chi connectivity index (χ0) is 21.4. The average Bonchev–Trinajstić information content (AvgIpc) is 3.06. The molecule has 7 nitrogen and oxygen atoms in total. The van der Waals surface area contributed by atoms with Crippen molar-refractivity contribution >= 4 is 21.4 Å². The van der Waals surface area contributed by atoms with Crippen LogP contribution in [0.1, 0.15) is 16.2 Å². The summed E-state index contributed by atoms with van der Waals surface area (Å²) in [6, 6.07) is 5.57. The van der Waals surface area contributed by atoms with Gasteiger partial charge in [0.15, 0.2) is 5.03 Å². The number of aryl methyl sites for hydroxylation is 1. The third kappa shape index (κ3) is 3.83. The van der Waals surface area contributed by atoms with Crippen LogP contribution in [0.4, 0.5) is 23.2 Å². The van der Waals surface area contributed by atoms with Gasteiger partial charge in [-0.2, -0.15) is 13.2 Å². The maximum atomic E-state index is 14.4. The Morgan fingerprint density at radius 1 is 1.14 bits per heavy atom. The van der Waals surface area contributed by atoms with Gasteiger partial charge in [0.05, 0.1) is 11.3 Å². The lowest BCUT2D eigenvalue weighted by Crippen LogP contribution is -2.27. The number of benzene rings is 1. The van der Waals surface area contributed by atoms with E-state index in [2.05, 4.69) is 15.3 Å². The van der Waals surface area contributed by atoms with E-state index in [4.69, 9.17) is 0 Å². The molecule has 1 N–H and O–H groups in total. The van der Waals surface area contributed by atoms with Crippen LogP contribution in [0.3, 0.4) is 0 Å². The smallest absolute Gasteiger partial charge is 0.322 e. The second kappa shape index (κ2) is 7.28. The molecule has 0 bridgehead atoms. The lowest BCUT2D eigenvalue weighted by atomic mass is 10.2. The minimum absolute atomic E-state index is 0.0896. The molecule has 0 radical (unpaired) electrons. The maximum Gasteiger partial charge on any atom is 0.503 e. The highest BCUT2D eigenvalue weighted by atomic mass is 32.2. The molecule has 1 aromatic carbocycles. The summed E-state index contributed by atoms with van der Waals surface area (Å²) in [6.45, 7) is 1.65. The normalized spacial score (nSPS) is 12.0. The lowest BCUT2D eigenvalue weighted by molar-refractivity contribution is -0.0438. The third-order valence-electron chi connectivity index (χ3n) is 3.87. The number of nitrogens with one attached hydrogen (secondary N) is 1. The van der Waals surface area contributed by atoms with Crippen molar-refractivity contribution in [3.05, 3.63) is 66.1 Å². The Hall–Kier alpha value is -3.28. The largest absolute Gasteiger partial charge is 0.503 e. The molecule has 0 spiro atoms. The molecule has 29 heavy (non-hydrogen) atoms. The number of pyridine rings is 1. The van der Waals surface area contributed by atoms with Crippen LogP contribution in [0.2, 0.25) is 0 Å². The van der Waals surface area contributed by atoms with Crippen molar-refractivity contribution in [1.29, 1.82) is 0 Å². The molecule has 3 rings (SSSR count). The molecule has 0 aliphatic rings. The SMILES string of the molecule is Cc1nccn1-c1ccc(NC(=O)c2cccnc2S(=O)(=O)C(F)(F)F)cc1F. The molecule has 1 amide bonds. The summed E-state index contributed by atoms with van der Waals surface area (Å²) in [5.74, 6) is -1.41. The van der Waals surface area contributed by atoms with Gasteiger partial charge in [0.2, 0.25) is 0 Å². The standard InChI is InChI=1S/C17H12F4N4O3S/c1-10-22-7-8-25(10)14-5-4-11(9-13(14)18)24-15(26)12-3-2-6-23-16(12)29(27,28)17(19,20)21/h2-9H,1H3,(H,24,26). The lowest BCUT2D eigenvalue weighted by Gasteiger charge is -2.12. The summed E-state index contributed by atoms with van der Waals surface area (Å²) in [4.78, 5) is 19.5. The van der Waals surface area contributed by atoms with Crippen molar-refractivity contribution in [2.75, 3.05) is 5.32 Å². The number of nitrogens with zero attached hydrogens (tertiary/aromatic N) is 3. The van der Waals surface area contributed by atoms with Crippen molar-refractivity contribution in [1.82, 2.24) is 14.5 Å². The monoisotopic (exact) mass is 428 g/mol. The van der Waals surface area contributed by atoms with E-state index in [9.17, 15) is 30.8 Å². The van der Waals surface area contributed by atoms with Crippen molar-refractivity contribution in [2.45, 2.75) is 17.5 Å². The van der Waals surface area contributed by atoms with Gasteiger partial charge in [-0.25, -0.2) is 22.8 Å². The summed E-state index contributed by atoms with van der Waals surface area (Å²) >= 11 is 0. The van der Waals surface area contributed by atoms with Crippen molar-refractivity contribution in [2.24, 2.45) is 0 Å². The Kier molecular flexibility index (Phi) is 5.13. The van der Waals surface area contributed by atoms with E-state index in [1.807, 2.05) is 0 Å². The Morgan fingerprint density at radius 3 is 2.45 bits per heavy atom. The quantitative estimate of drug-likeness (QED) is 0.644. The average molecular weight is 428 g/mol. The molecular weight excluding hydrogens is 416 g/mol. The van der Waals surface area contributed by atoms with Gasteiger partial charge in [-0.05, 0) is 37.3 Å². The predicted octanol–water partition coefficient (Wildman–Crippen LogP) is 3.26. The summed E-state index contributed by atoms with van der Waals surface area (Å²) in [7, 11) is -5.85. The van der Waals surface area contributed by atoms with Gasteiger partial charge in [-0.15, -0.1) is 0 Å². The van der Waals surface area contributed by atoms with Gasteiger partial charge in [-0.1, -0.05) is 0 Å². The molecule has 0 atom stereocenters. The Balaban J connectivity index is 1.93. The summed E-state index contributed by atoms with van der Waals surface area (Å²) in [5.41, 5.74) is -6.40. The molecule has 0 aliphatic carbocycles. The molecule has 0 fully saturated rings. The maximum absolute atomic E-state index is 14.4. The molecule has 0 saturated carbocycles. The number of sulfone groups is 1. The van der Waals surface area contributed by atoms with Gasteiger partial charge in [-0.3, -0.25) is 4.79 Å². The molecule has 2 aromatic heterocycles. The number of carbonyl (C=O) groups excluding carboxylic acids is 1. The molecule has 152 valence electrons. The summed E-state index contributed by atoms with van der Waals surface area (Å²) < 4.78 is 77.7. The molecule has 2 heterocycles. The summed E-state index contributed by atoms with van der Waals surface area (Å²) in [5, 5.41) is 0.740. The first kappa shape index (κ1) is 20.5. The zero-order valence-electron chi connectivity index (χ0n) is 14.6. The second-order valence-corrected chi connectivity index (χ2v) is 7.63. The van der Waals surface area contributed by atoms with Crippen molar-refractivity contribution < 1.29 is 30.8 Å². The highest BCUT2D eigenvalue weighted by Gasteiger charge is 2.49. The molecule has 12 heteroatoms. The Morgan fingerprint density at radius 2 is 1.86 bits per heavy atom. The van der Waals surface area contributed by atoms with E-state index in [1.165, 1.54) is 29.1 Å². The number of anilines is 1. The molecule has 0 aliphatic heterocycles. The van der Waals surface area contributed by atoms with Crippen molar-refractivity contribution in [3.63, 3.8) is 0 Å². The Bertz CT molecular complexity index is 1190. The fraction of sp³-hybridized carbons (Fsp3) is 0.118. The number of alkyl halides is 3. The van der Waals surface area contributed by atoms with E-state index in [-0.39, 0.29) is 11.4 Å². The van der Waals surface area contributed by atoms with Crippen LogP contribution in [-0.2, 0) is 9.84 Å². The van der Waals surface area contributed by atoms with Crippen LogP contribution in [0.25, 0.3) is 5.69 Å². The number of amides is 1. The number of hydrogen-bond acceptors (Lipinski definition) is 5. The van der Waals surface area contributed by atoms with Crippen LogP contribution >= 0.6 is 0 Å². The molecule has 0 saturated heterocycles. The van der Waals surface area contributed by atoms with Crippen LogP contribution in [-0.4, -0.2) is 34.4 Å². The second-order valence-electron chi connectivity index (χ2n) is 5.77.